The maximum absolute atomic E-state index is 11.4. The van der Waals surface area contributed by atoms with Crippen LogP contribution in [0.25, 0.3) is 0 Å². The van der Waals surface area contributed by atoms with Crippen molar-refractivity contribution < 1.29 is 9.53 Å². The number of hydrogen-bond donors (Lipinski definition) is 2. The summed E-state index contributed by atoms with van der Waals surface area (Å²) in [4.78, 5) is 15.6. The monoisotopic (exact) mass is 294 g/mol. The molecule has 1 fully saturated rings. The van der Waals surface area contributed by atoms with Gasteiger partial charge in [0.05, 0.1) is 12.0 Å². The Hall–Kier alpha value is -1.56. The molecular formula is C15H26N4O2. The summed E-state index contributed by atoms with van der Waals surface area (Å²) in [5, 5.41) is 6.13. The molecule has 1 aromatic rings. The number of nitrogens with zero attached hydrogens (tertiary/aromatic N) is 2. The van der Waals surface area contributed by atoms with Crippen LogP contribution in [0.1, 0.15) is 51.8 Å². The molecule has 6 nitrogen and oxygen atoms in total. The van der Waals surface area contributed by atoms with E-state index >= 15 is 0 Å². The number of rotatable bonds is 7. The van der Waals surface area contributed by atoms with Gasteiger partial charge in [-0.05, 0) is 46.6 Å². The van der Waals surface area contributed by atoms with Crippen molar-refractivity contribution in [2.75, 3.05) is 13.1 Å². The van der Waals surface area contributed by atoms with E-state index in [2.05, 4.69) is 20.2 Å². The van der Waals surface area contributed by atoms with E-state index in [4.69, 9.17) is 4.74 Å². The second-order valence-electron chi connectivity index (χ2n) is 6.48. The van der Waals surface area contributed by atoms with Crippen molar-refractivity contribution in [3.05, 3.63) is 18.2 Å². The van der Waals surface area contributed by atoms with Gasteiger partial charge in [-0.1, -0.05) is 0 Å². The van der Waals surface area contributed by atoms with Gasteiger partial charge in [0.15, 0.2) is 0 Å². The Kier molecular flexibility index (Phi) is 5.22. The van der Waals surface area contributed by atoms with Crippen LogP contribution in [0.2, 0.25) is 0 Å². The fourth-order valence-corrected chi connectivity index (χ4v) is 2.08. The van der Waals surface area contributed by atoms with Crippen LogP contribution in [0.5, 0.6) is 0 Å². The molecule has 1 aromatic heterocycles. The molecule has 1 heterocycles. The topological polar surface area (TPSA) is 68.2 Å². The van der Waals surface area contributed by atoms with Gasteiger partial charge in [0, 0.05) is 25.3 Å². The molecule has 0 bridgehead atoms. The minimum atomic E-state index is -0.441. The minimum Gasteiger partial charge on any atom is -0.444 e. The number of alkyl carbamates (subject to hydrolysis) is 1. The van der Waals surface area contributed by atoms with E-state index in [1.807, 2.05) is 33.3 Å². The zero-order valence-electron chi connectivity index (χ0n) is 13.2. The lowest BCUT2D eigenvalue weighted by Gasteiger charge is -2.19. The zero-order chi connectivity index (χ0) is 15.3. The van der Waals surface area contributed by atoms with Crippen LogP contribution in [-0.4, -0.2) is 34.3 Å². The first kappa shape index (κ1) is 15.8. The first-order valence-electron chi connectivity index (χ1n) is 7.64. The summed E-state index contributed by atoms with van der Waals surface area (Å²) < 4.78 is 7.43. The molecule has 1 aliphatic carbocycles. The van der Waals surface area contributed by atoms with E-state index in [0.717, 1.165) is 19.5 Å². The van der Waals surface area contributed by atoms with Crippen LogP contribution in [-0.2, 0) is 11.3 Å². The van der Waals surface area contributed by atoms with Crippen molar-refractivity contribution in [3.8, 4) is 0 Å². The van der Waals surface area contributed by atoms with Gasteiger partial charge in [-0.15, -0.1) is 0 Å². The minimum absolute atomic E-state index is 0.352. The van der Waals surface area contributed by atoms with Gasteiger partial charge >= 0.3 is 6.09 Å². The highest BCUT2D eigenvalue weighted by atomic mass is 16.6. The number of amides is 1. The predicted molar refractivity (Wildman–Crippen MR) is 81.1 cm³/mol. The summed E-state index contributed by atoms with van der Waals surface area (Å²) in [6, 6.07) is 0.665. The Bertz CT molecular complexity index is 460. The highest BCUT2D eigenvalue weighted by Crippen LogP contribution is 2.35. The standard InChI is InChI=1S/C15H26N4O2/c1-15(2,3)21-14(20)18-8-4-7-16-9-13-10-17-11-19(13)12-5-6-12/h10-12,16H,4-9H2,1-3H3,(H,18,20). The molecule has 2 N–H and O–H groups in total. The van der Waals surface area contributed by atoms with E-state index in [1.165, 1.54) is 18.5 Å². The first-order valence-corrected chi connectivity index (χ1v) is 7.64. The lowest BCUT2D eigenvalue weighted by Crippen LogP contribution is -2.33. The van der Waals surface area contributed by atoms with Gasteiger partial charge in [0.1, 0.15) is 5.60 Å². The molecule has 0 unspecified atom stereocenters. The van der Waals surface area contributed by atoms with Crippen LogP contribution in [0.15, 0.2) is 12.5 Å². The number of carbonyl (C=O) groups is 1. The fourth-order valence-electron chi connectivity index (χ4n) is 2.08. The summed E-state index contributed by atoms with van der Waals surface area (Å²) >= 11 is 0. The van der Waals surface area contributed by atoms with Gasteiger partial charge < -0.3 is 19.9 Å². The average Bonchev–Trinajstić information content (AvgIpc) is 3.11. The van der Waals surface area contributed by atoms with E-state index in [-0.39, 0.29) is 6.09 Å². The Morgan fingerprint density at radius 2 is 2.19 bits per heavy atom. The SMILES string of the molecule is CC(C)(C)OC(=O)NCCCNCc1cncn1C1CC1. The van der Waals surface area contributed by atoms with Gasteiger partial charge in [-0.3, -0.25) is 0 Å². The molecule has 2 rings (SSSR count). The molecule has 1 saturated carbocycles. The van der Waals surface area contributed by atoms with Crippen molar-refractivity contribution in [1.82, 2.24) is 20.2 Å². The van der Waals surface area contributed by atoms with Crippen LogP contribution in [0.4, 0.5) is 4.79 Å². The number of nitrogens with one attached hydrogen (secondary N) is 2. The van der Waals surface area contributed by atoms with E-state index in [9.17, 15) is 4.79 Å². The van der Waals surface area contributed by atoms with E-state index in [0.29, 0.717) is 12.6 Å². The van der Waals surface area contributed by atoms with Crippen LogP contribution >= 0.6 is 0 Å². The molecule has 0 saturated heterocycles. The quantitative estimate of drug-likeness (QED) is 0.757. The molecule has 1 amide bonds. The van der Waals surface area contributed by atoms with Gasteiger partial charge in [0.25, 0.3) is 0 Å². The average molecular weight is 294 g/mol. The maximum atomic E-state index is 11.4. The zero-order valence-corrected chi connectivity index (χ0v) is 13.2. The van der Waals surface area contributed by atoms with Gasteiger partial charge in [-0.25, -0.2) is 9.78 Å². The number of carbonyl (C=O) groups excluding carboxylic acids is 1. The van der Waals surface area contributed by atoms with Crippen LogP contribution in [0.3, 0.4) is 0 Å². The van der Waals surface area contributed by atoms with Crippen molar-refractivity contribution in [3.63, 3.8) is 0 Å². The lowest BCUT2D eigenvalue weighted by atomic mass is 10.2. The van der Waals surface area contributed by atoms with E-state index < -0.39 is 5.60 Å². The van der Waals surface area contributed by atoms with Gasteiger partial charge in [-0.2, -0.15) is 0 Å². The summed E-state index contributed by atoms with van der Waals surface area (Å²) in [6.45, 7) is 7.86. The van der Waals surface area contributed by atoms with Crippen LogP contribution in [0, 0.1) is 0 Å². The van der Waals surface area contributed by atoms with Crippen molar-refractivity contribution in [2.45, 2.75) is 58.2 Å². The van der Waals surface area contributed by atoms with Crippen molar-refractivity contribution in [2.24, 2.45) is 0 Å². The molecule has 1 aliphatic rings. The third-order valence-electron chi connectivity index (χ3n) is 3.19. The third kappa shape index (κ3) is 5.75. The Morgan fingerprint density at radius 3 is 2.86 bits per heavy atom. The largest absolute Gasteiger partial charge is 0.444 e. The Morgan fingerprint density at radius 1 is 1.43 bits per heavy atom. The predicted octanol–water partition coefficient (Wildman–Crippen LogP) is 2.22. The first-order chi connectivity index (χ1) is 9.96. The number of imidazole rings is 1. The highest BCUT2D eigenvalue weighted by Gasteiger charge is 2.24. The maximum Gasteiger partial charge on any atom is 0.407 e. The van der Waals surface area contributed by atoms with Crippen LogP contribution < -0.4 is 10.6 Å². The fraction of sp³-hybridized carbons (Fsp3) is 0.733. The Balaban J connectivity index is 1.54. The highest BCUT2D eigenvalue weighted by molar-refractivity contribution is 5.67. The molecule has 0 spiro atoms. The molecule has 6 heteroatoms. The smallest absolute Gasteiger partial charge is 0.407 e. The third-order valence-corrected chi connectivity index (χ3v) is 3.19. The van der Waals surface area contributed by atoms with E-state index in [1.54, 1.807) is 0 Å². The molecule has 0 radical (unpaired) electrons. The summed E-state index contributed by atoms with van der Waals surface area (Å²) in [5.41, 5.74) is 0.793. The molecule has 0 aliphatic heterocycles. The number of aromatic nitrogens is 2. The Labute approximate surface area is 126 Å². The lowest BCUT2D eigenvalue weighted by molar-refractivity contribution is 0.0527. The molecular weight excluding hydrogens is 268 g/mol. The summed E-state index contributed by atoms with van der Waals surface area (Å²) in [7, 11) is 0. The van der Waals surface area contributed by atoms with Crippen molar-refractivity contribution in [1.29, 1.82) is 0 Å². The molecule has 118 valence electrons. The normalized spacial score (nSPS) is 15.0. The van der Waals surface area contributed by atoms with Crippen molar-refractivity contribution >= 4 is 6.09 Å². The second-order valence-corrected chi connectivity index (χ2v) is 6.48. The molecule has 0 atom stereocenters. The second kappa shape index (κ2) is 6.93. The summed E-state index contributed by atoms with van der Waals surface area (Å²) in [5.74, 6) is 0. The number of ether oxygens (including phenoxy) is 1. The van der Waals surface area contributed by atoms with Gasteiger partial charge in [0.2, 0.25) is 0 Å². The molecule has 0 aromatic carbocycles. The number of hydrogen-bond acceptors (Lipinski definition) is 4. The molecule has 21 heavy (non-hydrogen) atoms. The summed E-state index contributed by atoms with van der Waals surface area (Å²) in [6.07, 6.45) is 6.89.